The second kappa shape index (κ2) is 19.1. The van der Waals surface area contributed by atoms with E-state index in [1.54, 1.807) is 10.5 Å². The zero-order valence-corrected chi connectivity index (χ0v) is 43.2. The van der Waals surface area contributed by atoms with E-state index in [9.17, 15) is 4.39 Å². The minimum absolute atomic E-state index is 0. The summed E-state index contributed by atoms with van der Waals surface area (Å²) in [6.07, 6.45) is 3.27. The van der Waals surface area contributed by atoms with Gasteiger partial charge in [0.25, 0.3) is 0 Å². The molecule has 0 aliphatic rings. The Morgan fingerprint density at radius 2 is 1.36 bits per heavy atom. The predicted octanol–water partition coefficient (Wildman–Crippen LogP) is 14.8. The Bertz CT molecular complexity index is 3240. The smallest absolute Gasteiger partial charge is 0 e. The first-order chi connectivity index (χ1) is 31.2. The Morgan fingerprint density at radius 1 is 0.712 bits per heavy atom. The molecule has 10 aromatic rings. The molecule has 0 aliphatic heterocycles. The van der Waals surface area contributed by atoms with E-state index in [1.165, 1.54) is 17.2 Å². The van der Waals surface area contributed by atoms with E-state index >= 15 is 0 Å². The average Bonchev–Trinajstić information content (AvgIpc) is 3.87. The summed E-state index contributed by atoms with van der Waals surface area (Å²) in [5.41, 5.74) is 13.5. The molecule has 5 nitrogen and oxygen atoms in total. The van der Waals surface area contributed by atoms with Crippen molar-refractivity contribution >= 4 is 50.8 Å². The summed E-state index contributed by atoms with van der Waals surface area (Å²) in [6.45, 7) is 11.3. The van der Waals surface area contributed by atoms with Crippen LogP contribution in [0.2, 0.25) is 17.3 Å². The molecule has 66 heavy (non-hydrogen) atoms. The van der Waals surface area contributed by atoms with Crippen molar-refractivity contribution in [3.8, 4) is 50.6 Å². The molecular formula is C58H53FGeIrN4O-2. The van der Waals surface area contributed by atoms with Gasteiger partial charge in [0.15, 0.2) is 0 Å². The Morgan fingerprint density at radius 3 is 1.98 bits per heavy atom. The number of fused-ring (bicyclic) bond motifs is 4. The van der Waals surface area contributed by atoms with Gasteiger partial charge in [0.05, 0.1) is 28.1 Å². The molecule has 0 spiro atoms. The van der Waals surface area contributed by atoms with Gasteiger partial charge in [-0.3, -0.25) is 4.98 Å². The van der Waals surface area contributed by atoms with Crippen molar-refractivity contribution in [2.45, 2.75) is 63.7 Å². The molecule has 4 aromatic heterocycles. The molecule has 333 valence electrons. The number of pyridine rings is 2. The maximum atomic E-state index is 14.1. The quantitative estimate of drug-likeness (QED) is 0.0864. The van der Waals surface area contributed by atoms with Gasteiger partial charge < -0.3 is 8.98 Å². The van der Waals surface area contributed by atoms with Crippen LogP contribution in [0.25, 0.3) is 83.7 Å². The van der Waals surface area contributed by atoms with Crippen LogP contribution in [0.3, 0.4) is 0 Å². The van der Waals surface area contributed by atoms with Crippen LogP contribution < -0.4 is 4.40 Å². The summed E-state index contributed by atoms with van der Waals surface area (Å²) < 4.78 is 24.2. The molecule has 8 heteroatoms. The number of halogens is 1. The van der Waals surface area contributed by atoms with Crippen LogP contribution >= 0.6 is 0 Å². The number of para-hydroxylation sites is 2. The van der Waals surface area contributed by atoms with Crippen molar-refractivity contribution in [3.05, 3.63) is 187 Å². The van der Waals surface area contributed by atoms with Crippen LogP contribution in [0.15, 0.2) is 162 Å². The van der Waals surface area contributed by atoms with Crippen LogP contribution in [0, 0.1) is 24.0 Å². The number of hydrogen-bond acceptors (Lipinski definition) is 4. The van der Waals surface area contributed by atoms with Gasteiger partial charge in [-0.2, -0.15) is 9.37 Å². The standard InChI is InChI=1S/C40H29FN3O.C18H24GeN.Ir/c1-40(2,3)27-23-31(25-13-6-4-7-14-25)36(32(24-27)26-15-8-5-9-16-26)44-34-20-11-10-19-33(34)42-38(44)30-18-12-17-28-29-21-22-35(41)43-39(29)45-37(28)30;1-14(2)11-16-12-18(15-9-7-6-8-10-15)20-13-17(16)19(3,4)5;/h4-17,19-24H,1-3H3;6-9,12-14H,11H2,1-5H3;/q2*-1;. The summed E-state index contributed by atoms with van der Waals surface area (Å²) >= 11 is -1.86. The molecule has 4 heterocycles. The maximum Gasteiger partial charge on any atom is 0 e. The van der Waals surface area contributed by atoms with Crippen LogP contribution in [0.5, 0.6) is 0 Å². The van der Waals surface area contributed by atoms with Crippen molar-refractivity contribution in [2.24, 2.45) is 5.92 Å². The van der Waals surface area contributed by atoms with Gasteiger partial charge in [-0.25, -0.2) is 0 Å². The topological polar surface area (TPSA) is 56.7 Å². The summed E-state index contributed by atoms with van der Waals surface area (Å²) in [7, 11) is 0. The summed E-state index contributed by atoms with van der Waals surface area (Å²) in [4.78, 5) is 14.0. The monoisotopic (exact) mass is 1110 g/mol. The molecule has 6 aromatic carbocycles. The molecular weight excluding hydrogens is 1050 g/mol. The van der Waals surface area contributed by atoms with E-state index < -0.39 is 19.2 Å². The van der Waals surface area contributed by atoms with Gasteiger partial charge in [-0.1, -0.05) is 105 Å². The minimum atomic E-state index is -1.86. The number of imidazole rings is 1. The van der Waals surface area contributed by atoms with Gasteiger partial charge in [0.2, 0.25) is 11.7 Å². The summed E-state index contributed by atoms with van der Waals surface area (Å²) in [5.74, 6) is 8.09. The van der Waals surface area contributed by atoms with Crippen molar-refractivity contribution in [3.63, 3.8) is 0 Å². The number of aromatic nitrogens is 4. The number of rotatable bonds is 8. The first-order valence-electron chi connectivity index (χ1n) is 22.4. The molecule has 0 unspecified atom stereocenters. The van der Waals surface area contributed by atoms with Crippen LogP contribution in [0.1, 0.15) is 45.7 Å². The molecule has 0 aliphatic carbocycles. The third-order valence-electron chi connectivity index (χ3n) is 11.8. The Kier molecular flexibility index (Phi) is 13.5. The second-order valence-electron chi connectivity index (χ2n) is 19.2. The predicted molar refractivity (Wildman–Crippen MR) is 270 cm³/mol. The molecule has 0 bridgehead atoms. The molecule has 0 atom stereocenters. The van der Waals surface area contributed by atoms with E-state index in [2.05, 4.69) is 159 Å². The average molecular weight is 1110 g/mol. The summed E-state index contributed by atoms with van der Waals surface area (Å²) in [5, 5.41) is 1.58. The van der Waals surface area contributed by atoms with E-state index in [4.69, 9.17) is 14.4 Å². The fourth-order valence-corrected chi connectivity index (χ4v) is 12.0. The van der Waals surface area contributed by atoms with Crippen LogP contribution in [-0.4, -0.2) is 32.8 Å². The zero-order valence-electron chi connectivity index (χ0n) is 38.7. The maximum absolute atomic E-state index is 14.1. The largest absolute Gasteiger partial charge is 0 e. The molecule has 0 saturated heterocycles. The van der Waals surface area contributed by atoms with Gasteiger partial charge in [0, 0.05) is 36.6 Å². The third-order valence-corrected chi connectivity index (χ3v) is 16.2. The van der Waals surface area contributed by atoms with Crippen LogP contribution in [0.4, 0.5) is 4.39 Å². The van der Waals surface area contributed by atoms with E-state index in [0.717, 1.165) is 67.4 Å². The SMILES string of the molecule is CC(C)(C)c1cc(-c2ccccc2)c(-n2c(-c3[c-]ccc4c3oc3nc(F)ccc34)nc3ccccc32)c(-c2ccccc2)c1.CC(C)Cc1cc(-c2[c-]cccc2)nc[c]1[Ge]([CH3])([CH3])[CH3].[Ir]. The van der Waals surface area contributed by atoms with Crippen molar-refractivity contribution in [1.29, 1.82) is 0 Å². The minimum Gasteiger partial charge on any atom is 0 e. The number of furan rings is 1. The zero-order chi connectivity index (χ0) is 45.5. The van der Waals surface area contributed by atoms with E-state index in [0.29, 0.717) is 22.9 Å². The second-order valence-corrected chi connectivity index (χ2v) is 29.8. The normalized spacial score (nSPS) is 11.8. The van der Waals surface area contributed by atoms with Crippen LogP contribution in [-0.2, 0) is 31.9 Å². The molecule has 0 amide bonds. The fourth-order valence-electron chi connectivity index (χ4n) is 8.65. The number of hydrogen-bond donors (Lipinski definition) is 0. The molecule has 1 radical (unpaired) electrons. The first kappa shape index (κ1) is 46.5. The van der Waals surface area contributed by atoms with Gasteiger partial charge in [0.1, 0.15) is 0 Å². The first-order valence-corrected chi connectivity index (χ1v) is 29.7. The fraction of sp³-hybridized carbons (Fsp3) is 0.190. The number of nitrogens with zero attached hydrogens (tertiary/aromatic N) is 4. The molecule has 0 fully saturated rings. The van der Waals surface area contributed by atoms with Crippen molar-refractivity contribution < 1.29 is 28.9 Å². The third kappa shape index (κ3) is 9.48. The Labute approximate surface area is 403 Å². The van der Waals surface area contributed by atoms with Crippen molar-refractivity contribution in [2.75, 3.05) is 0 Å². The Hall–Kier alpha value is -5.99. The number of benzene rings is 6. The molecule has 0 saturated carbocycles. The van der Waals surface area contributed by atoms with Crippen molar-refractivity contribution in [1.82, 2.24) is 19.5 Å². The molecule has 10 rings (SSSR count). The Balaban J connectivity index is 0.000000238. The van der Waals surface area contributed by atoms with Gasteiger partial charge in [-0.15, -0.1) is 18.2 Å². The summed E-state index contributed by atoms with van der Waals surface area (Å²) in [6, 6.07) is 57.8. The van der Waals surface area contributed by atoms with Gasteiger partial charge >= 0.3 is 126 Å². The molecule has 0 N–H and O–H groups in total. The van der Waals surface area contributed by atoms with E-state index in [1.807, 2.05) is 60.7 Å². The van der Waals surface area contributed by atoms with Gasteiger partial charge in [-0.05, 0) is 58.5 Å². The van der Waals surface area contributed by atoms with E-state index in [-0.39, 0.29) is 31.2 Å².